The molecular weight excluding hydrogens is 380 g/mol. The summed E-state index contributed by atoms with van der Waals surface area (Å²) < 4.78 is 0. The van der Waals surface area contributed by atoms with Gasteiger partial charge in [-0.15, -0.1) is 0 Å². The fraction of sp³-hybridized carbons (Fsp3) is 0.931. The first-order valence-corrected chi connectivity index (χ1v) is 13.7. The van der Waals surface area contributed by atoms with Crippen LogP contribution in [-0.4, -0.2) is 22.4 Å². The van der Waals surface area contributed by atoms with Crippen LogP contribution in [0.4, 0.5) is 0 Å². The minimum atomic E-state index is -0.159. The number of rotatable bonds is 6. The van der Waals surface area contributed by atoms with Crippen molar-refractivity contribution < 1.29 is 10.2 Å². The molecule has 0 heterocycles. The molecule has 2 N–H and O–H groups in total. The molecule has 4 aliphatic rings. The second-order valence-corrected chi connectivity index (χ2v) is 13.0. The zero-order chi connectivity index (χ0) is 22.6. The summed E-state index contributed by atoms with van der Waals surface area (Å²) in [6.45, 7) is 14.5. The third kappa shape index (κ3) is 3.86. The highest BCUT2D eigenvalue weighted by molar-refractivity contribution is 5.29. The SMILES string of the molecule is CC[C@H]1C2CC=C3C(CC[C@@]4(C)C3[C@@H](O)C[C@@H]4[C@H](C)CCCC(C)C)[C@@]2(C)CC[C@@H]1O. The number of hydrogen-bond acceptors (Lipinski definition) is 2. The Kier molecular flexibility index (Phi) is 6.75. The largest absolute Gasteiger partial charge is 0.393 e. The molecule has 4 rings (SSSR count). The highest BCUT2D eigenvalue weighted by atomic mass is 16.3. The molecule has 0 aromatic carbocycles. The molecule has 0 aliphatic heterocycles. The van der Waals surface area contributed by atoms with Crippen LogP contribution in [0.2, 0.25) is 0 Å². The van der Waals surface area contributed by atoms with Crippen LogP contribution < -0.4 is 0 Å². The van der Waals surface area contributed by atoms with Crippen molar-refractivity contribution >= 4 is 0 Å². The Hall–Kier alpha value is -0.340. The van der Waals surface area contributed by atoms with Crippen molar-refractivity contribution in [2.24, 2.45) is 52.3 Å². The van der Waals surface area contributed by atoms with Gasteiger partial charge in [0.05, 0.1) is 12.2 Å². The van der Waals surface area contributed by atoms with Crippen LogP contribution in [0.5, 0.6) is 0 Å². The number of hydrogen-bond donors (Lipinski definition) is 2. The van der Waals surface area contributed by atoms with E-state index in [1.54, 1.807) is 5.57 Å². The standard InChI is InChI=1S/C29H50O2/c1-7-20-22-12-11-21-23(28(22,5)16-14-25(20)30)13-15-29(6)24(17-26(31)27(21)29)19(4)10-8-9-18(2)3/h11,18-20,22-27,30-31H,7-10,12-17H2,1-6H3/t19-,20+,22?,23?,24-,25+,26+,27?,28+,29-/m1/s1. The van der Waals surface area contributed by atoms with Gasteiger partial charge >= 0.3 is 0 Å². The van der Waals surface area contributed by atoms with Gasteiger partial charge < -0.3 is 10.2 Å². The topological polar surface area (TPSA) is 40.5 Å². The van der Waals surface area contributed by atoms with Crippen molar-refractivity contribution in [3.05, 3.63) is 11.6 Å². The fourth-order valence-electron chi connectivity index (χ4n) is 9.34. The first-order valence-electron chi connectivity index (χ1n) is 13.7. The molecule has 0 aromatic heterocycles. The summed E-state index contributed by atoms with van der Waals surface area (Å²) >= 11 is 0. The number of fused-ring (bicyclic) bond motifs is 5. The molecule has 0 saturated heterocycles. The Labute approximate surface area is 192 Å². The van der Waals surface area contributed by atoms with Gasteiger partial charge in [0.15, 0.2) is 0 Å². The van der Waals surface area contributed by atoms with Gasteiger partial charge in [-0.2, -0.15) is 0 Å². The van der Waals surface area contributed by atoms with Crippen molar-refractivity contribution in [3.8, 4) is 0 Å². The molecule has 0 spiro atoms. The minimum absolute atomic E-state index is 0.111. The first kappa shape index (κ1) is 23.8. The lowest BCUT2D eigenvalue weighted by atomic mass is 9.45. The van der Waals surface area contributed by atoms with Crippen LogP contribution in [0.15, 0.2) is 11.6 Å². The number of aliphatic hydroxyl groups is 2. The van der Waals surface area contributed by atoms with Crippen molar-refractivity contribution in [1.82, 2.24) is 0 Å². The van der Waals surface area contributed by atoms with Gasteiger partial charge in [0.25, 0.3) is 0 Å². The van der Waals surface area contributed by atoms with E-state index in [1.165, 1.54) is 32.1 Å². The average molecular weight is 431 g/mol. The maximum absolute atomic E-state index is 11.4. The zero-order valence-corrected chi connectivity index (χ0v) is 21.2. The van der Waals surface area contributed by atoms with E-state index in [4.69, 9.17) is 0 Å². The van der Waals surface area contributed by atoms with Crippen molar-refractivity contribution in [3.63, 3.8) is 0 Å². The molecule has 0 radical (unpaired) electrons. The fourth-order valence-corrected chi connectivity index (χ4v) is 9.34. The molecule has 3 fully saturated rings. The molecule has 4 aliphatic carbocycles. The first-order chi connectivity index (χ1) is 14.6. The van der Waals surface area contributed by atoms with E-state index < -0.39 is 0 Å². The van der Waals surface area contributed by atoms with Crippen LogP contribution in [0.3, 0.4) is 0 Å². The molecule has 0 aromatic rings. The van der Waals surface area contributed by atoms with Gasteiger partial charge in [-0.3, -0.25) is 0 Å². The van der Waals surface area contributed by atoms with Gasteiger partial charge in [-0.25, -0.2) is 0 Å². The molecule has 2 heteroatoms. The number of allylic oxidation sites excluding steroid dienone is 1. The monoisotopic (exact) mass is 430 g/mol. The Morgan fingerprint density at radius 3 is 2.39 bits per heavy atom. The predicted octanol–water partition coefficient (Wildman–Crippen LogP) is 7.00. The van der Waals surface area contributed by atoms with Crippen molar-refractivity contribution in [1.29, 1.82) is 0 Å². The van der Waals surface area contributed by atoms with Gasteiger partial charge in [0.2, 0.25) is 0 Å². The van der Waals surface area contributed by atoms with E-state index in [-0.39, 0.29) is 17.6 Å². The summed E-state index contributed by atoms with van der Waals surface area (Å²) in [7, 11) is 0. The molecule has 0 amide bonds. The van der Waals surface area contributed by atoms with Crippen molar-refractivity contribution in [2.75, 3.05) is 0 Å². The predicted molar refractivity (Wildman–Crippen MR) is 130 cm³/mol. The third-order valence-electron chi connectivity index (χ3n) is 11.0. The summed E-state index contributed by atoms with van der Waals surface area (Å²) in [5.41, 5.74) is 2.20. The van der Waals surface area contributed by atoms with E-state index in [0.29, 0.717) is 40.9 Å². The molecule has 10 atom stereocenters. The van der Waals surface area contributed by atoms with Crippen LogP contribution in [0.25, 0.3) is 0 Å². The van der Waals surface area contributed by atoms with Crippen LogP contribution in [0.1, 0.15) is 106 Å². The van der Waals surface area contributed by atoms with E-state index in [0.717, 1.165) is 38.0 Å². The lowest BCUT2D eigenvalue weighted by Crippen LogP contribution is -2.53. The Balaban J connectivity index is 1.57. The number of aliphatic hydroxyl groups excluding tert-OH is 2. The highest BCUT2D eigenvalue weighted by Gasteiger charge is 2.61. The van der Waals surface area contributed by atoms with Gasteiger partial charge in [0.1, 0.15) is 0 Å². The lowest BCUT2D eigenvalue weighted by Gasteiger charge is -2.59. The summed E-state index contributed by atoms with van der Waals surface area (Å²) in [6.07, 6.45) is 14.2. The van der Waals surface area contributed by atoms with Crippen molar-refractivity contribution in [2.45, 2.75) is 118 Å². The Morgan fingerprint density at radius 2 is 1.71 bits per heavy atom. The summed E-state index contributed by atoms with van der Waals surface area (Å²) in [5, 5.41) is 22.1. The van der Waals surface area contributed by atoms with Gasteiger partial charge in [-0.1, -0.05) is 78.9 Å². The molecule has 178 valence electrons. The third-order valence-corrected chi connectivity index (χ3v) is 11.0. The van der Waals surface area contributed by atoms with E-state index in [9.17, 15) is 10.2 Å². The second-order valence-electron chi connectivity index (χ2n) is 13.0. The van der Waals surface area contributed by atoms with Gasteiger partial charge in [-0.05, 0) is 84.9 Å². The maximum Gasteiger partial charge on any atom is 0.0613 e. The van der Waals surface area contributed by atoms with Crippen LogP contribution in [-0.2, 0) is 0 Å². The average Bonchev–Trinajstić information content (AvgIpc) is 2.99. The quantitative estimate of drug-likeness (QED) is 0.446. The summed E-state index contributed by atoms with van der Waals surface area (Å²) in [6, 6.07) is 0. The molecule has 31 heavy (non-hydrogen) atoms. The maximum atomic E-state index is 11.4. The second kappa shape index (κ2) is 8.79. The molecular formula is C29H50O2. The van der Waals surface area contributed by atoms with Crippen LogP contribution >= 0.6 is 0 Å². The molecule has 0 bridgehead atoms. The van der Waals surface area contributed by atoms with Crippen LogP contribution in [0, 0.1) is 52.3 Å². The van der Waals surface area contributed by atoms with E-state index in [2.05, 4.69) is 47.6 Å². The normalized spacial score (nSPS) is 48.0. The molecule has 3 saturated carbocycles. The van der Waals surface area contributed by atoms with E-state index >= 15 is 0 Å². The van der Waals surface area contributed by atoms with Gasteiger partial charge in [0, 0.05) is 5.92 Å². The zero-order valence-electron chi connectivity index (χ0n) is 21.2. The lowest BCUT2D eigenvalue weighted by molar-refractivity contribution is -0.0879. The highest BCUT2D eigenvalue weighted by Crippen LogP contribution is 2.67. The summed E-state index contributed by atoms with van der Waals surface area (Å²) in [4.78, 5) is 0. The smallest absolute Gasteiger partial charge is 0.0613 e. The molecule has 3 unspecified atom stereocenters. The Morgan fingerprint density at radius 1 is 1.00 bits per heavy atom. The van der Waals surface area contributed by atoms with E-state index in [1.807, 2.05) is 0 Å². The minimum Gasteiger partial charge on any atom is -0.393 e. The Bertz CT molecular complexity index is 668. The molecule has 2 nitrogen and oxygen atoms in total. The summed E-state index contributed by atoms with van der Waals surface area (Å²) in [5.74, 6) is 4.22.